The smallest absolute Gasteiger partial charge is 0.119 e. The highest BCUT2D eigenvalue weighted by molar-refractivity contribution is 9.10. The number of benzene rings is 1. The average molecular weight is 354 g/mol. The van der Waals surface area contributed by atoms with Crippen molar-refractivity contribution in [1.29, 1.82) is 0 Å². The lowest BCUT2D eigenvalue weighted by Crippen LogP contribution is -2.35. The molecule has 0 radical (unpaired) electrons. The van der Waals surface area contributed by atoms with Gasteiger partial charge in [0.25, 0.3) is 0 Å². The molecule has 2 nitrogen and oxygen atoms in total. The first-order valence-corrected chi connectivity index (χ1v) is 8.89. The molecule has 1 aliphatic carbocycles. The molecule has 1 aromatic rings. The number of halogens is 1. The first kappa shape index (κ1) is 16.8. The molecule has 0 spiro atoms. The van der Waals surface area contributed by atoms with E-state index in [-0.39, 0.29) is 5.54 Å². The Bertz CT molecular complexity index is 447. The fourth-order valence-electron chi connectivity index (χ4n) is 2.70. The van der Waals surface area contributed by atoms with Crippen LogP contribution in [0.2, 0.25) is 0 Å². The molecule has 21 heavy (non-hydrogen) atoms. The van der Waals surface area contributed by atoms with Gasteiger partial charge in [-0.1, -0.05) is 35.2 Å². The van der Waals surface area contributed by atoms with Crippen LogP contribution in [-0.2, 0) is 6.54 Å². The van der Waals surface area contributed by atoms with E-state index in [1.54, 1.807) is 0 Å². The van der Waals surface area contributed by atoms with Crippen LogP contribution in [0.5, 0.6) is 5.75 Å². The van der Waals surface area contributed by atoms with Crippen LogP contribution in [0.3, 0.4) is 0 Å². The monoisotopic (exact) mass is 353 g/mol. The molecule has 1 fully saturated rings. The molecule has 118 valence electrons. The standard InChI is InChI=1S/C18H28BrNO/c1-18(2,3)20-12-15-11-16(9-10-17(15)19)21-13-14-7-5-4-6-8-14/h9-11,14,20H,4-8,12-13H2,1-3H3. The topological polar surface area (TPSA) is 21.3 Å². The minimum absolute atomic E-state index is 0.123. The summed E-state index contributed by atoms with van der Waals surface area (Å²) in [5, 5.41) is 3.53. The lowest BCUT2D eigenvalue weighted by atomic mass is 9.90. The second kappa shape index (κ2) is 7.64. The molecule has 0 bridgehead atoms. The SMILES string of the molecule is CC(C)(C)NCc1cc(OCC2CCCCC2)ccc1Br. The Balaban J connectivity index is 1.91. The van der Waals surface area contributed by atoms with Gasteiger partial charge in [-0.3, -0.25) is 0 Å². The Kier molecular flexibility index (Phi) is 6.12. The van der Waals surface area contributed by atoms with Crippen molar-refractivity contribution in [2.75, 3.05) is 6.61 Å². The number of rotatable bonds is 5. The fourth-order valence-corrected chi connectivity index (χ4v) is 3.09. The van der Waals surface area contributed by atoms with Gasteiger partial charge in [-0.05, 0) is 63.3 Å². The maximum absolute atomic E-state index is 6.02. The van der Waals surface area contributed by atoms with Crippen LogP contribution < -0.4 is 10.1 Å². The number of hydrogen-bond acceptors (Lipinski definition) is 2. The Labute approximate surface area is 137 Å². The van der Waals surface area contributed by atoms with E-state index >= 15 is 0 Å². The van der Waals surface area contributed by atoms with Gasteiger partial charge in [-0.25, -0.2) is 0 Å². The highest BCUT2D eigenvalue weighted by Gasteiger charge is 2.15. The Morgan fingerprint density at radius 1 is 1.19 bits per heavy atom. The van der Waals surface area contributed by atoms with Gasteiger partial charge < -0.3 is 10.1 Å². The van der Waals surface area contributed by atoms with E-state index in [0.29, 0.717) is 0 Å². The third kappa shape index (κ3) is 5.99. The first-order valence-electron chi connectivity index (χ1n) is 8.10. The third-order valence-corrected chi connectivity index (χ3v) is 4.81. The van der Waals surface area contributed by atoms with Gasteiger partial charge in [-0.2, -0.15) is 0 Å². The molecule has 1 aliphatic rings. The Hall–Kier alpha value is -0.540. The summed E-state index contributed by atoms with van der Waals surface area (Å²) in [6, 6.07) is 6.31. The molecule has 3 heteroatoms. The van der Waals surface area contributed by atoms with Crippen molar-refractivity contribution < 1.29 is 4.74 Å². The van der Waals surface area contributed by atoms with Crippen molar-refractivity contribution in [2.45, 2.75) is 65.0 Å². The van der Waals surface area contributed by atoms with Crippen LogP contribution in [-0.4, -0.2) is 12.1 Å². The molecule has 0 aromatic heterocycles. The minimum atomic E-state index is 0.123. The minimum Gasteiger partial charge on any atom is -0.493 e. The summed E-state index contributed by atoms with van der Waals surface area (Å²) in [5.41, 5.74) is 1.38. The van der Waals surface area contributed by atoms with Crippen molar-refractivity contribution in [2.24, 2.45) is 5.92 Å². The van der Waals surface area contributed by atoms with Crippen molar-refractivity contribution in [1.82, 2.24) is 5.32 Å². The fraction of sp³-hybridized carbons (Fsp3) is 0.667. The molecule has 0 saturated heterocycles. The highest BCUT2D eigenvalue weighted by atomic mass is 79.9. The third-order valence-electron chi connectivity index (χ3n) is 4.04. The number of nitrogens with one attached hydrogen (secondary N) is 1. The first-order chi connectivity index (χ1) is 9.94. The zero-order valence-electron chi connectivity index (χ0n) is 13.5. The van der Waals surface area contributed by atoms with Gasteiger partial charge in [0.05, 0.1) is 6.61 Å². The van der Waals surface area contributed by atoms with E-state index in [1.165, 1.54) is 37.7 Å². The van der Waals surface area contributed by atoms with Gasteiger partial charge in [0.2, 0.25) is 0 Å². The molecule has 1 saturated carbocycles. The van der Waals surface area contributed by atoms with E-state index < -0.39 is 0 Å². The molecular weight excluding hydrogens is 326 g/mol. The molecule has 0 amide bonds. The molecule has 1 aromatic carbocycles. The summed E-state index contributed by atoms with van der Waals surface area (Å²) in [4.78, 5) is 0. The molecule has 0 aliphatic heterocycles. The number of ether oxygens (including phenoxy) is 1. The van der Waals surface area contributed by atoms with Crippen molar-refractivity contribution in [3.8, 4) is 5.75 Å². The Morgan fingerprint density at radius 3 is 2.57 bits per heavy atom. The van der Waals surface area contributed by atoms with Gasteiger partial charge in [0, 0.05) is 16.6 Å². The van der Waals surface area contributed by atoms with E-state index in [0.717, 1.165) is 29.3 Å². The van der Waals surface area contributed by atoms with Gasteiger partial charge in [0.1, 0.15) is 5.75 Å². The van der Waals surface area contributed by atoms with E-state index in [1.807, 2.05) is 0 Å². The summed E-state index contributed by atoms with van der Waals surface area (Å²) in [6.45, 7) is 8.28. The van der Waals surface area contributed by atoms with Crippen LogP contribution in [0.15, 0.2) is 22.7 Å². The molecular formula is C18H28BrNO. The molecule has 0 heterocycles. The van der Waals surface area contributed by atoms with E-state index in [9.17, 15) is 0 Å². The quantitative estimate of drug-likeness (QED) is 0.775. The molecule has 0 atom stereocenters. The van der Waals surface area contributed by atoms with Crippen LogP contribution in [0, 0.1) is 5.92 Å². The molecule has 1 N–H and O–H groups in total. The summed E-state index contributed by atoms with van der Waals surface area (Å²) in [6.07, 6.45) is 6.80. The van der Waals surface area contributed by atoms with Crippen molar-refractivity contribution >= 4 is 15.9 Å². The summed E-state index contributed by atoms with van der Waals surface area (Å²) in [7, 11) is 0. The Morgan fingerprint density at radius 2 is 1.90 bits per heavy atom. The normalized spacial score (nSPS) is 17.0. The second-order valence-electron chi connectivity index (χ2n) is 7.17. The van der Waals surface area contributed by atoms with Crippen LogP contribution in [0.4, 0.5) is 0 Å². The maximum Gasteiger partial charge on any atom is 0.119 e. The average Bonchev–Trinajstić information content (AvgIpc) is 2.45. The zero-order chi connectivity index (χ0) is 15.3. The summed E-state index contributed by atoms with van der Waals surface area (Å²) >= 11 is 3.63. The maximum atomic E-state index is 6.02. The van der Waals surface area contributed by atoms with Crippen LogP contribution in [0.25, 0.3) is 0 Å². The number of hydrogen-bond donors (Lipinski definition) is 1. The predicted molar refractivity (Wildman–Crippen MR) is 92.8 cm³/mol. The predicted octanol–water partition coefficient (Wildman–Crippen LogP) is 5.30. The van der Waals surface area contributed by atoms with Gasteiger partial charge in [0.15, 0.2) is 0 Å². The van der Waals surface area contributed by atoms with E-state index in [2.05, 4.69) is 60.2 Å². The highest BCUT2D eigenvalue weighted by Crippen LogP contribution is 2.27. The molecule has 2 rings (SSSR count). The molecule has 0 unspecified atom stereocenters. The van der Waals surface area contributed by atoms with Gasteiger partial charge in [-0.15, -0.1) is 0 Å². The lowest BCUT2D eigenvalue weighted by Gasteiger charge is -2.23. The van der Waals surface area contributed by atoms with E-state index in [4.69, 9.17) is 4.74 Å². The summed E-state index contributed by atoms with van der Waals surface area (Å²) in [5.74, 6) is 1.74. The largest absolute Gasteiger partial charge is 0.493 e. The van der Waals surface area contributed by atoms with Gasteiger partial charge >= 0.3 is 0 Å². The van der Waals surface area contributed by atoms with Crippen molar-refractivity contribution in [3.63, 3.8) is 0 Å². The van der Waals surface area contributed by atoms with Crippen molar-refractivity contribution in [3.05, 3.63) is 28.2 Å². The lowest BCUT2D eigenvalue weighted by molar-refractivity contribution is 0.208. The second-order valence-corrected chi connectivity index (χ2v) is 8.03. The summed E-state index contributed by atoms with van der Waals surface area (Å²) < 4.78 is 7.17. The van der Waals surface area contributed by atoms with Crippen LogP contribution in [0.1, 0.15) is 58.4 Å². The van der Waals surface area contributed by atoms with Crippen LogP contribution >= 0.6 is 15.9 Å². The zero-order valence-corrected chi connectivity index (χ0v) is 15.1.